The second kappa shape index (κ2) is 6.16. The van der Waals surface area contributed by atoms with Gasteiger partial charge in [0.15, 0.2) is 0 Å². The summed E-state index contributed by atoms with van der Waals surface area (Å²) in [5.74, 6) is -0.275. The first kappa shape index (κ1) is 13.4. The fourth-order valence-electron chi connectivity index (χ4n) is 1.47. The number of esters is 1. The maximum Gasteiger partial charge on any atom is 0.302 e. The molecule has 0 aliphatic rings. The van der Waals surface area contributed by atoms with Crippen molar-refractivity contribution in [1.29, 1.82) is 0 Å². The fraction of sp³-hybridized carbons (Fsp3) is 0.417. The summed E-state index contributed by atoms with van der Waals surface area (Å²) in [5.41, 5.74) is 2.14. The van der Waals surface area contributed by atoms with Crippen LogP contribution < -0.4 is 0 Å². The van der Waals surface area contributed by atoms with E-state index in [1.165, 1.54) is 12.5 Å². The first-order valence-corrected chi connectivity index (χ1v) is 6.67. The van der Waals surface area contributed by atoms with Gasteiger partial charge in [-0.1, -0.05) is 24.6 Å². The van der Waals surface area contributed by atoms with Crippen molar-refractivity contribution in [3.8, 4) is 0 Å². The third kappa shape index (κ3) is 3.42. The summed E-state index contributed by atoms with van der Waals surface area (Å²) >= 11 is 7.81. The monoisotopic (exact) mass is 258 g/mol. The highest BCUT2D eigenvalue weighted by Crippen LogP contribution is 2.31. The van der Waals surface area contributed by atoms with E-state index in [2.05, 4.69) is 6.92 Å². The molecule has 0 atom stereocenters. The van der Waals surface area contributed by atoms with Gasteiger partial charge in [-0.2, -0.15) is 0 Å². The van der Waals surface area contributed by atoms with Gasteiger partial charge < -0.3 is 4.74 Å². The van der Waals surface area contributed by atoms with Gasteiger partial charge in [0.1, 0.15) is 6.61 Å². The highest BCUT2D eigenvalue weighted by atomic mass is 35.5. The molecule has 0 N–H and O–H groups in total. The highest BCUT2D eigenvalue weighted by molar-refractivity contribution is 7.98. The second-order valence-electron chi connectivity index (χ2n) is 3.40. The number of hydrogen-bond acceptors (Lipinski definition) is 3. The van der Waals surface area contributed by atoms with E-state index in [1.54, 1.807) is 11.8 Å². The topological polar surface area (TPSA) is 26.3 Å². The van der Waals surface area contributed by atoms with Gasteiger partial charge in [0.25, 0.3) is 0 Å². The Hall–Kier alpha value is -0.670. The van der Waals surface area contributed by atoms with E-state index >= 15 is 0 Å². The van der Waals surface area contributed by atoms with Crippen LogP contribution in [-0.2, 0) is 22.6 Å². The number of thioether (sulfide) groups is 1. The molecule has 0 aromatic heterocycles. The SMILES string of the molecule is CCc1cc(COC(C)=O)cc(Cl)c1SC. The Bertz CT molecular complexity index is 391. The largest absolute Gasteiger partial charge is 0.461 e. The average molecular weight is 259 g/mol. The molecule has 0 amide bonds. The third-order valence-electron chi connectivity index (χ3n) is 2.21. The van der Waals surface area contributed by atoms with E-state index in [4.69, 9.17) is 16.3 Å². The predicted molar refractivity (Wildman–Crippen MR) is 68.1 cm³/mol. The van der Waals surface area contributed by atoms with E-state index in [0.717, 1.165) is 21.9 Å². The molecule has 1 aromatic rings. The van der Waals surface area contributed by atoms with Gasteiger partial charge in [-0.25, -0.2) is 0 Å². The van der Waals surface area contributed by atoms with Crippen LogP contribution in [0.15, 0.2) is 17.0 Å². The van der Waals surface area contributed by atoms with Crippen LogP contribution in [0, 0.1) is 0 Å². The zero-order valence-electron chi connectivity index (χ0n) is 9.67. The van der Waals surface area contributed by atoms with Gasteiger partial charge in [-0.05, 0) is 29.9 Å². The van der Waals surface area contributed by atoms with Gasteiger partial charge in [-0.15, -0.1) is 11.8 Å². The van der Waals surface area contributed by atoms with Crippen molar-refractivity contribution < 1.29 is 9.53 Å². The molecule has 4 heteroatoms. The quantitative estimate of drug-likeness (QED) is 0.609. The Morgan fingerprint density at radius 1 is 1.50 bits per heavy atom. The molecule has 0 heterocycles. The first-order valence-electron chi connectivity index (χ1n) is 5.07. The van der Waals surface area contributed by atoms with Gasteiger partial charge in [0.2, 0.25) is 0 Å². The zero-order valence-corrected chi connectivity index (χ0v) is 11.2. The van der Waals surface area contributed by atoms with Crippen molar-refractivity contribution in [1.82, 2.24) is 0 Å². The fourth-order valence-corrected chi connectivity index (χ4v) is 2.68. The summed E-state index contributed by atoms with van der Waals surface area (Å²) in [4.78, 5) is 11.8. The number of aryl methyl sites for hydroxylation is 1. The maximum atomic E-state index is 10.7. The number of halogens is 1. The third-order valence-corrected chi connectivity index (χ3v) is 3.51. The molecule has 0 saturated carbocycles. The summed E-state index contributed by atoms with van der Waals surface area (Å²) in [5, 5.41) is 0.731. The van der Waals surface area contributed by atoms with Gasteiger partial charge in [0.05, 0.1) is 5.02 Å². The summed E-state index contributed by atoms with van der Waals surface area (Å²) in [6.07, 6.45) is 2.93. The number of rotatable bonds is 4. The van der Waals surface area contributed by atoms with Crippen LogP contribution in [0.3, 0.4) is 0 Å². The molecule has 16 heavy (non-hydrogen) atoms. The van der Waals surface area contributed by atoms with E-state index < -0.39 is 0 Å². The first-order chi connectivity index (χ1) is 7.58. The van der Waals surface area contributed by atoms with Crippen molar-refractivity contribution in [3.05, 3.63) is 28.3 Å². The molecule has 0 aliphatic heterocycles. The van der Waals surface area contributed by atoms with Crippen molar-refractivity contribution in [2.24, 2.45) is 0 Å². The Labute approximate surface area is 105 Å². The lowest BCUT2D eigenvalue weighted by Gasteiger charge is -2.11. The van der Waals surface area contributed by atoms with Crippen molar-refractivity contribution in [2.45, 2.75) is 31.8 Å². The highest BCUT2D eigenvalue weighted by Gasteiger charge is 2.08. The van der Waals surface area contributed by atoms with Crippen LogP contribution in [0.25, 0.3) is 0 Å². The van der Waals surface area contributed by atoms with Crippen LogP contribution in [-0.4, -0.2) is 12.2 Å². The number of hydrogen-bond donors (Lipinski definition) is 0. The molecule has 0 unspecified atom stereocenters. The molecule has 0 aliphatic carbocycles. The number of benzene rings is 1. The predicted octanol–water partition coefficient (Wildman–Crippen LogP) is 3.69. The standard InChI is InChI=1S/C12H15ClO2S/c1-4-10-5-9(7-15-8(2)14)6-11(13)12(10)16-3/h5-6H,4,7H2,1-3H3. The number of carbonyl (C=O) groups excluding carboxylic acids is 1. The van der Waals surface area contributed by atoms with Crippen LogP contribution in [0.5, 0.6) is 0 Å². The van der Waals surface area contributed by atoms with Crippen LogP contribution >= 0.6 is 23.4 Å². The Morgan fingerprint density at radius 2 is 2.19 bits per heavy atom. The summed E-state index contributed by atoms with van der Waals surface area (Å²) in [6, 6.07) is 3.90. The van der Waals surface area contributed by atoms with E-state index in [-0.39, 0.29) is 12.6 Å². The van der Waals surface area contributed by atoms with Crippen molar-refractivity contribution in [2.75, 3.05) is 6.26 Å². The lowest BCUT2D eigenvalue weighted by atomic mass is 10.1. The minimum Gasteiger partial charge on any atom is -0.461 e. The molecule has 0 bridgehead atoms. The van der Waals surface area contributed by atoms with Crippen LogP contribution in [0.4, 0.5) is 0 Å². The Kier molecular flexibility index (Phi) is 5.16. The summed E-state index contributed by atoms with van der Waals surface area (Å²) in [7, 11) is 0. The average Bonchev–Trinajstić information content (AvgIpc) is 2.25. The van der Waals surface area contributed by atoms with Gasteiger partial charge >= 0.3 is 5.97 Å². The minimum absolute atomic E-state index is 0.275. The lowest BCUT2D eigenvalue weighted by molar-refractivity contribution is -0.142. The molecule has 2 nitrogen and oxygen atoms in total. The molecule has 1 rings (SSSR count). The number of ether oxygens (including phenoxy) is 1. The van der Waals surface area contributed by atoms with E-state index in [9.17, 15) is 4.79 Å². The van der Waals surface area contributed by atoms with Gasteiger partial charge in [-0.3, -0.25) is 4.79 Å². The molecule has 88 valence electrons. The van der Waals surface area contributed by atoms with Gasteiger partial charge in [0, 0.05) is 11.8 Å². The summed E-state index contributed by atoms with van der Waals surface area (Å²) in [6.45, 7) is 3.77. The van der Waals surface area contributed by atoms with E-state index in [0.29, 0.717) is 0 Å². The van der Waals surface area contributed by atoms with Crippen molar-refractivity contribution in [3.63, 3.8) is 0 Å². The maximum absolute atomic E-state index is 10.7. The van der Waals surface area contributed by atoms with E-state index in [1.807, 2.05) is 18.4 Å². The normalized spacial score (nSPS) is 10.2. The Morgan fingerprint density at radius 3 is 2.69 bits per heavy atom. The molecule has 1 aromatic carbocycles. The van der Waals surface area contributed by atoms with Crippen molar-refractivity contribution >= 4 is 29.3 Å². The van der Waals surface area contributed by atoms with Crippen LogP contribution in [0.1, 0.15) is 25.0 Å². The minimum atomic E-state index is -0.275. The molecular formula is C12H15ClO2S. The molecule has 0 saturated heterocycles. The molecule has 0 fully saturated rings. The Balaban J connectivity index is 2.96. The molecular weight excluding hydrogens is 244 g/mol. The molecule has 0 spiro atoms. The lowest BCUT2D eigenvalue weighted by Crippen LogP contribution is -2.00. The summed E-state index contributed by atoms with van der Waals surface area (Å²) < 4.78 is 4.95. The smallest absolute Gasteiger partial charge is 0.302 e. The number of carbonyl (C=O) groups is 1. The molecule has 0 radical (unpaired) electrons. The second-order valence-corrected chi connectivity index (χ2v) is 4.63. The van der Waals surface area contributed by atoms with Crippen LogP contribution in [0.2, 0.25) is 5.02 Å². The zero-order chi connectivity index (χ0) is 12.1.